The fraction of sp³-hybridized carbons (Fsp3) is 0.182. The number of aromatic nitrogens is 2. The van der Waals surface area contributed by atoms with Crippen LogP contribution < -0.4 is 11.1 Å². The molecule has 0 saturated carbocycles. The van der Waals surface area contributed by atoms with Crippen LogP contribution in [-0.4, -0.2) is 16.0 Å². The van der Waals surface area contributed by atoms with Crippen molar-refractivity contribution < 1.29 is 23.1 Å². The number of rotatable bonds is 3. The molecule has 0 unspecified atom stereocenters. The van der Waals surface area contributed by atoms with Crippen molar-refractivity contribution in [1.82, 2.24) is 10.1 Å². The second-order valence-corrected chi connectivity index (χ2v) is 3.87. The van der Waals surface area contributed by atoms with Gasteiger partial charge in [0.15, 0.2) is 0 Å². The van der Waals surface area contributed by atoms with Gasteiger partial charge in [0.2, 0.25) is 11.7 Å². The minimum absolute atomic E-state index is 0.122. The molecule has 0 aliphatic heterocycles. The third-order valence-electron chi connectivity index (χ3n) is 2.29. The molecule has 8 heteroatoms. The number of nitrogens with zero attached hydrogens (tertiary/aromatic N) is 2. The number of benzene rings is 1. The number of nitrogens with two attached hydrogens (primary N) is 2. The third-order valence-corrected chi connectivity index (χ3v) is 2.29. The Hall–Kier alpha value is -2.38. The van der Waals surface area contributed by atoms with Crippen LogP contribution in [-0.2, 0) is 12.6 Å². The molecule has 0 spiro atoms. The lowest BCUT2D eigenvalue weighted by Crippen LogP contribution is -2.46. The first-order chi connectivity index (χ1) is 8.86. The van der Waals surface area contributed by atoms with Crippen molar-refractivity contribution >= 4 is 5.84 Å². The molecular formula is C11H10F3N4O+. The maximum atomic E-state index is 12.3. The lowest BCUT2D eigenvalue weighted by molar-refractivity contribution is -0.159. The number of hydrogen-bond donors (Lipinski definition) is 2. The largest absolute Gasteiger partial charge is 0.471 e. The van der Waals surface area contributed by atoms with E-state index in [-0.39, 0.29) is 11.7 Å². The maximum absolute atomic E-state index is 12.3. The molecule has 100 valence electrons. The van der Waals surface area contributed by atoms with Gasteiger partial charge in [-0.3, -0.25) is 11.1 Å². The van der Waals surface area contributed by atoms with Crippen molar-refractivity contribution in [1.29, 1.82) is 0 Å². The molecule has 0 saturated heterocycles. The predicted molar refractivity (Wildman–Crippen MR) is 59.6 cm³/mol. The van der Waals surface area contributed by atoms with E-state index in [0.717, 1.165) is 5.56 Å². The Morgan fingerprint density at radius 1 is 1.26 bits per heavy atom. The van der Waals surface area contributed by atoms with Gasteiger partial charge >= 0.3 is 12.1 Å². The third kappa shape index (κ3) is 3.09. The lowest BCUT2D eigenvalue weighted by Gasteiger charge is -1.98. The molecule has 2 aromatic rings. The van der Waals surface area contributed by atoms with E-state index in [1.807, 2.05) is 0 Å². The summed E-state index contributed by atoms with van der Waals surface area (Å²) >= 11 is 0. The smallest absolute Gasteiger partial charge is 0.329 e. The highest BCUT2D eigenvalue weighted by Gasteiger charge is 2.38. The number of hydrogen-bond acceptors (Lipinski definition) is 3. The van der Waals surface area contributed by atoms with Gasteiger partial charge in [-0.15, -0.1) is 0 Å². The first-order valence-electron chi connectivity index (χ1n) is 5.23. The summed E-state index contributed by atoms with van der Waals surface area (Å²) in [6.45, 7) is 0. The summed E-state index contributed by atoms with van der Waals surface area (Å²) in [5.41, 5.74) is 6.61. The molecule has 5 nitrogen and oxygen atoms in total. The summed E-state index contributed by atoms with van der Waals surface area (Å²) in [5, 5.41) is 8.64. The van der Waals surface area contributed by atoms with Gasteiger partial charge < -0.3 is 4.52 Å². The van der Waals surface area contributed by atoms with Crippen molar-refractivity contribution in [3.05, 3.63) is 35.7 Å². The highest BCUT2D eigenvalue weighted by Crippen LogP contribution is 2.29. The van der Waals surface area contributed by atoms with Crippen LogP contribution in [0.15, 0.2) is 28.8 Å². The minimum atomic E-state index is -4.64. The van der Waals surface area contributed by atoms with Gasteiger partial charge in [-0.1, -0.05) is 29.4 Å². The molecule has 4 N–H and O–H groups in total. The standard InChI is InChI=1S/C11H9F3N4O/c12-11(13,14)10-17-9(18-19-10)7-3-1-6(2-4-7)5-8(15)16/h1-4H,5H2,(H3,15,16)/p+1. The highest BCUT2D eigenvalue weighted by atomic mass is 19.4. The molecule has 0 amide bonds. The SMILES string of the molecule is NC(=[NH2+])Cc1ccc(-c2noc(C(F)(F)F)n2)cc1. The number of amidine groups is 1. The fourth-order valence-corrected chi connectivity index (χ4v) is 1.46. The zero-order valence-corrected chi connectivity index (χ0v) is 9.61. The molecule has 1 heterocycles. The van der Waals surface area contributed by atoms with E-state index in [4.69, 9.17) is 11.1 Å². The summed E-state index contributed by atoms with van der Waals surface area (Å²) in [6, 6.07) is 6.50. The number of alkyl halides is 3. The molecule has 0 aliphatic carbocycles. The quantitative estimate of drug-likeness (QED) is 0.625. The molecule has 0 atom stereocenters. The van der Waals surface area contributed by atoms with Crippen LogP contribution in [0.3, 0.4) is 0 Å². The topological polar surface area (TPSA) is 90.5 Å². The Morgan fingerprint density at radius 3 is 2.37 bits per heavy atom. The van der Waals surface area contributed by atoms with Crippen LogP contribution in [0.2, 0.25) is 0 Å². The maximum Gasteiger partial charge on any atom is 0.471 e. The zero-order valence-electron chi connectivity index (χ0n) is 9.61. The highest BCUT2D eigenvalue weighted by molar-refractivity contribution is 5.76. The van der Waals surface area contributed by atoms with Gasteiger partial charge in [0, 0.05) is 5.56 Å². The summed E-state index contributed by atoms with van der Waals surface area (Å²) in [4.78, 5) is 3.28. The fourth-order valence-electron chi connectivity index (χ4n) is 1.46. The van der Waals surface area contributed by atoms with Gasteiger partial charge in [-0.05, 0) is 5.56 Å². The van der Waals surface area contributed by atoms with Crippen LogP contribution in [0.1, 0.15) is 11.5 Å². The normalized spacial score (nSPS) is 11.5. The molecule has 0 aliphatic rings. The predicted octanol–water partition coefficient (Wildman–Crippen LogP) is 0.414. The summed E-state index contributed by atoms with van der Waals surface area (Å²) in [6.07, 6.45) is -4.26. The Morgan fingerprint density at radius 2 is 1.89 bits per heavy atom. The van der Waals surface area contributed by atoms with Crippen molar-refractivity contribution in [2.75, 3.05) is 0 Å². The Balaban J connectivity index is 2.23. The van der Waals surface area contributed by atoms with E-state index in [2.05, 4.69) is 14.7 Å². The zero-order chi connectivity index (χ0) is 14.0. The molecule has 19 heavy (non-hydrogen) atoms. The molecule has 1 aromatic carbocycles. The van der Waals surface area contributed by atoms with Gasteiger partial charge in [0.05, 0.1) is 6.42 Å². The summed E-state index contributed by atoms with van der Waals surface area (Å²) < 4.78 is 41.0. The molecule has 0 fully saturated rings. The lowest BCUT2D eigenvalue weighted by atomic mass is 10.1. The molecular weight excluding hydrogens is 261 g/mol. The van der Waals surface area contributed by atoms with Gasteiger partial charge in [0.1, 0.15) is 0 Å². The van der Waals surface area contributed by atoms with E-state index in [0.29, 0.717) is 12.0 Å². The van der Waals surface area contributed by atoms with Crippen LogP contribution in [0.5, 0.6) is 0 Å². The first kappa shape index (κ1) is 13.1. The molecule has 2 rings (SSSR count). The van der Waals surface area contributed by atoms with E-state index >= 15 is 0 Å². The Kier molecular flexibility index (Phi) is 3.24. The van der Waals surface area contributed by atoms with Crippen molar-refractivity contribution in [3.63, 3.8) is 0 Å². The number of halogens is 3. The van der Waals surface area contributed by atoms with Crippen LogP contribution in [0.25, 0.3) is 11.4 Å². The van der Waals surface area contributed by atoms with Crippen molar-refractivity contribution in [3.8, 4) is 11.4 Å². The first-order valence-corrected chi connectivity index (χ1v) is 5.23. The van der Waals surface area contributed by atoms with Gasteiger partial charge in [0.25, 0.3) is 0 Å². The van der Waals surface area contributed by atoms with E-state index in [1.165, 1.54) is 0 Å². The second-order valence-electron chi connectivity index (χ2n) is 3.87. The monoisotopic (exact) mass is 271 g/mol. The second kappa shape index (κ2) is 4.71. The molecule has 0 radical (unpaired) electrons. The average Bonchev–Trinajstić information content (AvgIpc) is 2.78. The molecule has 1 aromatic heterocycles. The van der Waals surface area contributed by atoms with Gasteiger partial charge in [-0.25, -0.2) is 0 Å². The van der Waals surface area contributed by atoms with Crippen LogP contribution >= 0.6 is 0 Å². The van der Waals surface area contributed by atoms with E-state index in [1.54, 1.807) is 24.3 Å². The van der Waals surface area contributed by atoms with Crippen molar-refractivity contribution in [2.24, 2.45) is 5.73 Å². The summed E-state index contributed by atoms with van der Waals surface area (Å²) in [5.74, 6) is -1.23. The Labute approximate surface area is 105 Å². The Bertz CT molecular complexity index is 589. The van der Waals surface area contributed by atoms with E-state index < -0.39 is 12.1 Å². The minimum Gasteiger partial charge on any atom is -0.329 e. The van der Waals surface area contributed by atoms with E-state index in [9.17, 15) is 13.2 Å². The van der Waals surface area contributed by atoms with Crippen LogP contribution in [0, 0.1) is 0 Å². The van der Waals surface area contributed by atoms with Gasteiger partial charge in [-0.2, -0.15) is 18.2 Å². The average molecular weight is 271 g/mol. The van der Waals surface area contributed by atoms with Crippen molar-refractivity contribution in [2.45, 2.75) is 12.6 Å². The summed E-state index contributed by atoms with van der Waals surface area (Å²) in [7, 11) is 0. The van der Waals surface area contributed by atoms with Crippen LogP contribution in [0.4, 0.5) is 13.2 Å². The molecule has 0 bridgehead atoms.